The fourth-order valence-electron chi connectivity index (χ4n) is 2.37. The summed E-state index contributed by atoms with van der Waals surface area (Å²) in [5, 5.41) is 0.849. The van der Waals surface area contributed by atoms with Crippen molar-refractivity contribution in [2.75, 3.05) is 0 Å². The molecule has 0 amide bonds. The lowest BCUT2D eigenvalue weighted by Gasteiger charge is -2.00. The maximum atomic E-state index is 12.2. The minimum atomic E-state index is -0.391. The van der Waals surface area contributed by atoms with Crippen LogP contribution in [0.4, 0.5) is 0 Å². The van der Waals surface area contributed by atoms with Crippen LogP contribution in [0.1, 0.15) is 0 Å². The van der Waals surface area contributed by atoms with Crippen LogP contribution in [0.2, 0.25) is 0 Å². The number of fused-ring (bicyclic) bond motifs is 2. The van der Waals surface area contributed by atoms with Crippen molar-refractivity contribution in [2.45, 2.75) is 0 Å². The molecule has 0 fully saturated rings. The fraction of sp³-hybridized carbons (Fsp3) is 0. The molecule has 0 saturated carbocycles. The molecule has 0 bridgehead atoms. The Kier molecular flexibility index (Phi) is 3.16. The summed E-state index contributed by atoms with van der Waals surface area (Å²) in [6.45, 7) is 0. The normalized spacial score (nSPS) is 11.4. The SMILES string of the molecule is O=c1oc2ccc(Br)cc2cc1-c1cn2cc(Br)ccc2n1. The zero-order chi connectivity index (χ0) is 15.3. The van der Waals surface area contributed by atoms with Crippen LogP contribution in [-0.4, -0.2) is 9.38 Å². The van der Waals surface area contributed by atoms with Crippen LogP contribution in [-0.2, 0) is 0 Å². The van der Waals surface area contributed by atoms with Gasteiger partial charge in [-0.05, 0) is 52.3 Å². The summed E-state index contributed by atoms with van der Waals surface area (Å²) in [6.07, 6.45) is 3.71. The topological polar surface area (TPSA) is 47.5 Å². The van der Waals surface area contributed by atoms with E-state index < -0.39 is 5.63 Å². The van der Waals surface area contributed by atoms with Crippen molar-refractivity contribution in [1.29, 1.82) is 0 Å². The van der Waals surface area contributed by atoms with Crippen molar-refractivity contribution in [1.82, 2.24) is 9.38 Å². The van der Waals surface area contributed by atoms with E-state index in [1.807, 2.05) is 47.1 Å². The van der Waals surface area contributed by atoms with Crippen molar-refractivity contribution in [2.24, 2.45) is 0 Å². The molecule has 0 radical (unpaired) electrons. The summed E-state index contributed by atoms with van der Waals surface area (Å²) >= 11 is 6.84. The second-order valence-corrected chi connectivity index (χ2v) is 6.70. The van der Waals surface area contributed by atoms with Gasteiger partial charge in [0.25, 0.3) is 0 Å². The first kappa shape index (κ1) is 13.7. The monoisotopic (exact) mass is 418 g/mol. The van der Waals surface area contributed by atoms with E-state index in [1.165, 1.54) is 0 Å². The van der Waals surface area contributed by atoms with E-state index >= 15 is 0 Å². The Balaban J connectivity index is 1.98. The Labute approximate surface area is 141 Å². The Morgan fingerprint density at radius 2 is 1.82 bits per heavy atom. The second-order valence-electron chi connectivity index (χ2n) is 4.87. The lowest BCUT2D eigenvalue weighted by molar-refractivity contribution is 0.563. The van der Waals surface area contributed by atoms with Gasteiger partial charge in [-0.2, -0.15) is 0 Å². The number of halogens is 2. The summed E-state index contributed by atoms with van der Waals surface area (Å²) in [4.78, 5) is 16.7. The lowest BCUT2D eigenvalue weighted by Crippen LogP contribution is -2.02. The minimum Gasteiger partial charge on any atom is -0.422 e. The van der Waals surface area contributed by atoms with Crippen LogP contribution in [0.5, 0.6) is 0 Å². The molecule has 4 nitrogen and oxygen atoms in total. The average Bonchev–Trinajstić information content (AvgIpc) is 2.89. The molecule has 1 aromatic carbocycles. The number of nitrogens with zero attached hydrogens (tertiary/aromatic N) is 2. The summed E-state index contributed by atoms with van der Waals surface area (Å²) in [6, 6.07) is 11.1. The van der Waals surface area contributed by atoms with Crippen molar-refractivity contribution in [3.05, 3.63) is 68.2 Å². The van der Waals surface area contributed by atoms with E-state index in [-0.39, 0.29) is 0 Å². The third kappa shape index (κ3) is 2.28. The molecule has 0 N–H and O–H groups in total. The van der Waals surface area contributed by atoms with Gasteiger partial charge >= 0.3 is 5.63 Å². The number of imidazole rings is 1. The van der Waals surface area contributed by atoms with Crippen LogP contribution >= 0.6 is 31.9 Å². The number of benzene rings is 1. The zero-order valence-electron chi connectivity index (χ0n) is 11.1. The van der Waals surface area contributed by atoms with Crippen LogP contribution < -0.4 is 5.63 Å². The van der Waals surface area contributed by atoms with Gasteiger partial charge in [0, 0.05) is 26.7 Å². The van der Waals surface area contributed by atoms with Crippen LogP contribution in [0.15, 0.2) is 66.9 Å². The third-order valence-electron chi connectivity index (χ3n) is 3.39. The van der Waals surface area contributed by atoms with Gasteiger partial charge in [0.1, 0.15) is 11.2 Å². The molecule has 22 heavy (non-hydrogen) atoms. The maximum Gasteiger partial charge on any atom is 0.345 e. The van der Waals surface area contributed by atoms with Crippen molar-refractivity contribution >= 4 is 48.5 Å². The second kappa shape index (κ2) is 5.07. The fourth-order valence-corrected chi connectivity index (χ4v) is 3.10. The van der Waals surface area contributed by atoms with Gasteiger partial charge in [0.05, 0.1) is 11.3 Å². The Hall–Kier alpha value is -1.92. The molecule has 0 aliphatic carbocycles. The van der Waals surface area contributed by atoms with Gasteiger partial charge in [-0.25, -0.2) is 9.78 Å². The molecule has 3 aromatic heterocycles. The molecule has 108 valence electrons. The quantitative estimate of drug-likeness (QED) is 0.422. The zero-order valence-corrected chi connectivity index (χ0v) is 14.3. The molecule has 6 heteroatoms. The predicted molar refractivity (Wildman–Crippen MR) is 92.1 cm³/mol. The van der Waals surface area contributed by atoms with Gasteiger partial charge in [-0.1, -0.05) is 15.9 Å². The average molecular weight is 420 g/mol. The van der Waals surface area contributed by atoms with Crippen molar-refractivity contribution in [3.8, 4) is 11.3 Å². The molecule has 0 unspecified atom stereocenters. The number of hydrogen-bond acceptors (Lipinski definition) is 3. The van der Waals surface area contributed by atoms with E-state index in [9.17, 15) is 4.79 Å². The van der Waals surface area contributed by atoms with Crippen molar-refractivity contribution in [3.63, 3.8) is 0 Å². The van der Waals surface area contributed by atoms with Gasteiger partial charge < -0.3 is 8.82 Å². The molecule has 0 spiro atoms. The summed E-state index contributed by atoms with van der Waals surface area (Å²) in [7, 11) is 0. The van der Waals surface area contributed by atoms with E-state index in [0.29, 0.717) is 16.8 Å². The van der Waals surface area contributed by atoms with Gasteiger partial charge in [-0.15, -0.1) is 0 Å². The maximum absolute atomic E-state index is 12.2. The number of hydrogen-bond donors (Lipinski definition) is 0. The molecule has 4 rings (SSSR count). The number of pyridine rings is 1. The van der Waals surface area contributed by atoms with Crippen molar-refractivity contribution < 1.29 is 4.42 Å². The largest absolute Gasteiger partial charge is 0.422 e. The Morgan fingerprint density at radius 1 is 1.00 bits per heavy atom. The molecule has 0 aliphatic rings. The predicted octanol–water partition coefficient (Wildman–Crippen LogP) is 4.63. The van der Waals surface area contributed by atoms with E-state index in [0.717, 1.165) is 20.0 Å². The van der Waals surface area contributed by atoms with Crippen LogP contribution in [0.25, 0.3) is 27.9 Å². The van der Waals surface area contributed by atoms with Gasteiger partial charge in [0.2, 0.25) is 0 Å². The third-order valence-corrected chi connectivity index (χ3v) is 4.35. The highest BCUT2D eigenvalue weighted by molar-refractivity contribution is 9.10. The van der Waals surface area contributed by atoms with E-state index in [2.05, 4.69) is 36.8 Å². The molecule has 3 heterocycles. The van der Waals surface area contributed by atoms with Gasteiger partial charge in [-0.3, -0.25) is 0 Å². The highest BCUT2D eigenvalue weighted by atomic mass is 79.9. The lowest BCUT2D eigenvalue weighted by atomic mass is 10.1. The van der Waals surface area contributed by atoms with Crippen LogP contribution in [0, 0.1) is 0 Å². The summed E-state index contributed by atoms with van der Waals surface area (Å²) < 4.78 is 9.12. The Bertz CT molecular complexity index is 1080. The first-order valence-corrected chi connectivity index (χ1v) is 8.07. The highest BCUT2D eigenvalue weighted by Gasteiger charge is 2.12. The highest BCUT2D eigenvalue weighted by Crippen LogP contribution is 2.24. The Morgan fingerprint density at radius 3 is 2.68 bits per heavy atom. The molecule has 0 saturated heterocycles. The van der Waals surface area contributed by atoms with Crippen LogP contribution in [0.3, 0.4) is 0 Å². The molecule has 4 aromatic rings. The first-order chi connectivity index (χ1) is 10.6. The van der Waals surface area contributed by atoms with E-state index in [1.54, 1.807) is 6.07 Å². The molecular weight excluding hydrogens is 412 g/mol. The first-order valence-electron chi connectivity index (χ1n) is 6.48. The standard InChI is InChI=1S/C16H8Br2N2O2/c17-10-1-3-14-9(5-10)6-12(16(21)22-14)13-8-20-7-11(18)2-4-15(20)19-13/h1-8H. The molecular formula is C16H8Br2N2O2. The summed E-state index contributed by atoms with van der Waals surface area (Å²) in [5.41, 5.74) is 1.98. The summed E-state index contributed by atoms with van der Waals surface area (Å²) in [5.74, 6) is 0. The molecule has 0 atom stereocenters. The van der Waals surface area contributed by atoms with E-state index in [4.69, 9.17) is 4.42 Å². The number of rotatable bonds is 1. The van der Waals surface area contributed by atoms with Gasteiger partial charge in [0.15, 0.2) is 0 Å². The molecule has 0 aliphatic heterocycles. The minimum absolute atomic E-state index is 0.391. The smallest absolute Gasteiger partial charge is 0.345 e. The number of aromatic nitrogens is 2.